The van der Waals surface area contributed by atoms with Crippen molar-refractivity contribution < 1.29 is 4.42 Å². The zero-order valence-electron chi connectivity index (χ0n) is 13.8. The minimum atomic E-state index is -0.493. The van der Waals surface area contributed by atoms with Crippen molar-refractivity contribution in [1.29, 1.82) is 0 Å². The van der Waals surface area contributed by atoms with Gasteiger partial charge in [-0.25, -0.2) is 9.78 Å². The van der Waals surface area contributed by atoms with E-state index >= 15 is 0 Å². The molecule has 7 nitrogen and oxygen atoms in total. The number of aromatic nitrogens is 2. The minimum Gasteiger partial charge on any atom is -0.422 e. The van der Waals surface area contributed by atoms with Crippen LogP contribution in [0.15, 0.2) is 73.7 Å². The zero-order chi connectivity index (χ0) is 18.1. The molecule has 4 aromatic rings. The second-order valence-corrected chi connectivity index (χ2v) is 5.73. The van der Waals surface area contributed by atoms with Crippen molar-refractivity contribution in [2.24, 2.45) is 5.10 Å². The topological polar surface area (TPSA) is 100 Å². The van der Waals surface area contributed by atoms with Gasteiger partial charge in [0.1, 0.15) is 5.58 Å². The number of benzene rings is 2. The Balaban J connectivity index is 1.71. The van der Waals surface area contributed by atoms with E-state index in [1.54, 1.807) is 37.3 Å². The summed E-state index contributed by atoms with van der Waals surface area (Å²) in [6.07, 6.45) is 0. The Morgan fingerprint density at radius 3 is 2.77 bits per heavy atom. The van der Waals surface area contributed by atoms with Gasteiger partial charge >= 0.3 is 5.63 Å². The van der Waals surface area contributed by atoms with Crippen LogP contribution in [0.2, 0.25) is 0 Å². The van der Waals surface area contributed by atoms with Crippen molar-refractivity contribution >= 4 is 33.5 Å². The fraction of sp³-hybridized carbons (Fsp3) is 0.0526. The molecule has 0 spiro atoms. The van der Waals surface area contributed by atoms with E-state index < -0.39 is 11.2 Å². The van der Waals surface area contributed by atoms with Crippen LogP contribution in [0.25, 0.3) is 22.0 Å². The average Bonchev–Trinajstić information content (AvgIpc) is 2.65. The molecule has 2 N–H and O–H groups in total. The maximum absolute atomic E-state index is 12.2. The lowest BCUT2D eigenvalue weighted by Gasteiger charge is -2.04. The number of rotatable bonds is 3. The molecule has 4 rings (SSSR count). The minimum absolute atomic E-state index is 0.0493. The number of hydrogen-bond acceptors (Lipinski definition) is 6. The molecule has 128 valence electrons. The first-order chi connectivity index (χ1) is 12.6. The summed E-state index contributed by atoms with van der Waals surface area (Å²) in [6, 6.07) is 16.1. The van der Waals surface area contributed by atoms with Crippen LogP contribution in [-0.4, -0.2) is 15.7 Å². The van der Waals surface area contributed by atoms with E-state index in [9.17, 15) is 9.59 Å². The van der Waals surface area contributed by atoms with Gasteiger partial charge in [0.2, 0.25) is 5.82 Å². The second kappa shape index (κ2) is 6.29. The lowest BCUT2D eigenvalue weighted by molar-refractivity contribution is 0.559. The highest BCUT2D eigenvalue weighted by Gasteiger charge is 2.09. The van der Waals surface area contributed by atoms with E-state index in [-0.39, 0.29) is 5.82 Å². The molecule has 0 bridgehead atoms. The van der Waals surface area contributed by atoms with Crippen molar-refractivity contribution in [2.45, 2.75) is 6.92 Å². The number of hydrogen-bond donors (Lipinski definition) is 2. The molecule has 0 atom stereocenters. The van der Waals surface area contributed by atoms with E-state index in [2.05, 4.69) is 20.5 Å². The fourth-order valence-electron chi connectivity index (χ4n) is 2.62. The summed E-state index contributed by atoms with van der Waals surface area (Å²) in [5, 5.41) is 4.91. The largest absolute Gasteiger partial charge is 0.422 e. The normalized spacial score (nSPS) is 11.8. The summed E-state index contributed by atoms with van der Waals surface area (Å²) in [7, 11) is 0. The maximum Gasteiger partial charge on any atom is 0.345 e. The molecule has 0 aliphatic heterocycles. The predicted molar refractivity (Wildman–Crippen MR) is 101 cm³/mol. The Kier molecular flexibility index (Phi) is 3.81. The lowest BCUT2D eigenvalue weighted by atomic mass is 10.1. The summed E-state index contributed by atoms with van der Waals surface area (Å²) >= 11 is 0. The molecule has 0 aliphatic carbocycles. The molecule has 0 aliphatic rings. The Labute approximate surface area is 147 Å². The Morgan fingerprint density at radius 2 is 1.88 bits per heavy atom. The molecule has 2 aromatic carbocycles. The van der Waals surface area contributed by atoms with Gasteiger partial charge in [-0.3, -0.25) is 10.2 Å². The van der Waals surface area contributed by atoms with Crippen LogP contribution < -0.4 is 16.6 Å². The van der Waals surface area contributed by atoms with Crippen molar-refractivity contribution in [3.63, 3.8) is 0 Å². The number of aromatic amines is 1. The third-order valence-corrected chi connectivity index (χ3v) is 3.96. The quantitative estimate of drug-likeness (QED) is 0.337. The molecule has 0 amide bonds. The van der Waals surface area contributed by atoms with Crippen LogP contribution in [-0.2, 0) is 0 Å². The smallest absolute Gasteiger partial charge is 0.345 e. The van der Waals surface area contributed by atoms with Crippen LogP contribution in [0.4, 0.5) is 5.82 Å². The Morgan fingerprint density at radius 1 is 1.12 bits per heavy atom. The molecule has 0 saturated carbocycles. The van der Waals surface area contributed by atoms with Crippen LogP contribution in [0, 0.1) is 0 Å². The highest BCUT2D eigenvalue weighted by Crippen LogP contribution is 2.13. The highest BCUT2D eigenvalue weighted by atomic mass is 16.4. The van der Waals surface area contributed by atoms with Crippen LogP contribution >= 0.6 is 0 Å². The SMILES string of the molecule is C/C(=N\Nc1nc2ccccc2[nH]c1=O)c1cc2ccccc2oc1=O. The molecule has 2 aromatic heterocycles. The molecule has 0 fully saturated rings. The summed E-state index contributed by atoms with van der Waals surface area (Å²) in [6.45, 7) is 1.66. The number of H-pyrrole nitrogens is 1. The van der Waals surface area contributed by atoms with Gasteiger partial charge in [0.25, 0.3) is 5.56 Å². The summed E-state index contributed by atoms with van der Waals surface area (Å²) < 4.78 is 5.30. The van der Waals surface area contributed by atoms with Gasteiger partial charge < -0.3 is 9.40 Å². The zero-order valence-corrected chi connectivity index (χ0v) is 13.8. The van der Waals surface area contributed by atoms with Gasteiger partial charge in [0, 0.05) is 5.39 Å². The van der Waals surface area contributed by atoms with E-state index in [0.29, 0.717) is 27.9 Å². The molecule has 26 heavy (non-hydrogen) atoms. The summed E-state index contributed by atoms with van der Waals surface area (Å²) in [5.41, 5.74) is 4.22. The third kappa shape index (κ3) is 2.86. The van der Waals surface area contributed by atoms with Crippen LogP contribution in [0.5, 0.6) is 0 Å². The molecule has 0 radical (unpaired) electrons. The third-order valence-electron chi connectivity index (χ3n) is 3.96. The first kappa shape index (κ1) is 15.8. The van der Waals surface area contributed by atoms with Crippen molar-refractivity contribution in [1.82, 2.24) is 9.97 Å². The predicted octanol–water partition coefficient (Wildman–Crippen LogP) is 2.87. The number of fused-ring (bicyclic) bond motifs is 2. The fourth-order valence-corrected chi connectivity index (χ4v) is 2.62. The van der Waals surface area contributed by atoms with Gasteiger partial charge in [0.05, 0.1) is 22.3 Å². The second-order valence-electron chi connectivity index (χ2n) is 5.73. The van der Waals surface area contributed by atoms with E-state index in [1.807, 2.05) is 24.3 Å². The number of nitrogens with zero attached hydrogens (tertiary/aromatic N) is 2. The first-order valence-electron chi connectivity index (χ1n) is 7.94. The molecule has 0 saturated heterocycles. The number of nitrogens with one attached hydrogen (secondary N) is 2. The number of para-hydroxylation sites is 3. The monoisotopic (exact) mass is 346 g/mol. The molecule has 0 unspecified atom stereocenters. The molecule has 7 heteroatoms. The van der Waals surface area contributed by atoms with Gasteiger partial charge in [-0.05, 0) is 31.2 Å². The lowest BCUT2D eigenvalue weighted by Crippen LogP contribution is -2.17. The first-order valence-corrected chi connectivity index (χ1v) is 7.94. The molecule has 2 heterocycles. The van der Waals surface area contributed by atoms with E-state index in [4.69, 9.17) is 4.42 Å². The number of hydrazone groups is 1. The summed E-state index contributed by atoms with van der Waals surface area (Å²) in [5.74, 6) is 0.0493. The van der Waals surface area contributed by atoms with E-state index in [1.165, 1.54) is 0 Å². The standard InChI is InChI=1S/C19H14N4O3/c1-11(13-10-12-6-2-5-9-16(12)26-19(13)25)22-23-17-18(24)21-15-8-4-3-7-14(15)20-17/h2-10H,1H3,(H,20,23)(H,21,24)/b22-11+. The highest BCUT2D eigenvalue weighted by molar-refractivity contribution is 6.00. The maximum atomic E-state index is 12.2. The molecular formula is C19H14N4O3. The number of anilines is 1. The summed E-state index contributed by atoms with van der Waals surface area (Å²) in [4.78, 5) is 31.2. The van der Waals surface area contributed by atoms with Gasteiger partial charge in [-0.1, -0.05) is 30.3 Å². The van der Waals surface area contributed by atoms with Gasteiger partial charge in [0.15, 0.2) is 0 Å². The van der Waals surface area contributed by atoms with E-state index in [0.717, 1.165) is 5.39 Å². The van der Waals surface area contributed by atoms with Gasteiger partial charge in [-0.2, -0.15) is 5.10 Å². The van der Waals surface area contributed by atoms with Crippen molar-refractivity contribution in [3.05, 3.63) is 80.9 Å². The van der Waals surface area contributed by atoms with Gasteiger partial charge in [-0.15, -0.1) is 0 Å². The van der Waals surface area contributed by atoms with Crippen LogP contribution in [0.1, 0.15) is 12.5 Å². The van der Waals surface area contributed by atoms with Crippen molar-refractivity contribution in [2.75, 3.05) is 5.43 Å². The average molecular weight is 346 g/mol. The molecular weight excluding hydrogens is 332 g/mol. The Hall–Kier alpha value is -3.74. The van der Waals surface area contributed by atoms with Crippen LogP contribution in [0.3, 0.4) is 0 Å². The Bertz CT molecular complexity index is 1270. The van der Waals surface area contributed by atoms with Crippen molar-refractivity contribution in [3.8, 4) is 0 Å².